The predicted octanol–water partition coefficient (Wildman–Crippen LogP) is 1.79. The van der Waals surface area contributed by atoms with Crippen molar-refractivity contribution in [2.75, 3.05) is 11.9 Å². The second kappa shape index (κ2) is 12.3. The number of hydrogen-bond donors (Lipinski definition) is 3. The molecule has 1 atom stereocenters. The Labute approximate surface area is 135 Å². The van der Waals surface area contributed by atoms with Gasteiger partial charge in [0.2, 0.25) is 5.82 Å². The van der Waals surface area contributed by atoms with E-state index in [1.807, 2.05) is 27.7 Å². The van der Waals surface area contributed by atoms with Crippen LogP contribution in [0.5, 0.6) is 0 Å². The molecule has 0 aliphatic heterocycles. The number of nitro groups is 1. The molecule has 0 spiro atoms. The van der Waals surface area contributed by atoms with E-state index in [-0.39, 0.29) is 24.6 Å². The van der Waals surface area contributed by atoms with Gasteiger partial charge in [0.05, 0.1) is 11.5 Å². The first kappa shape index (κ1) is 23.0. The second-order valence-corrected chi connectivity index (χ2v) is 3.85. The molecule has 0 saturated carbocycles. The molecule has 1 rings (SSSR count). The van der Waals surface area contributed by atoms with Crippen molar-refractivity contribution >= 4 is 17.3 Å². The standard InChI is InChI=1S/C10H14N4O5.2C2H6/c1-3-6(15)7(16)4-11-9-8(14(18)19)10(17)13-5(2)12-9;2*1-2/h6,15H,3-4H2,1-2H3,(H2,11,12,13,17);2*1-2H3. The number of hydrogen-bond acceptors (Lipinski definition) is 7. The van der Waals surface area contributed by atoms with E-state index in [9.17, 15) is 24.8 Å². The van der Waals surface area contributed by atoms with Crippen molar-refractivity contribution in [3.05, 3.63) is 26.3 Å². The maximum atomic E-state index is 11.4. The monoisotopic (exact) mass is 330 g/mol. The SMILES string of the molecule is CC.CC.CCC(O)C(=O)CNc1nc(C)[nH]c(=O)c1[N+](=O)[O-]. The minimum atomic E-state index is -1.14. The Bertz CT molecular complexity index is 557. The van der Waals surface area contributed by atoms with E-state index in [0.717, 1.165) is 0 Å². The van der Waals surface area contributed by atoms with E-state index in [1.165, 1.54) is 6.92 Å². The molecule has 0 aliphatic carbocycles. The predicted molar refractivity (Wildman–Crippen MR) is 88.7 cm³/mol. The lowest BCUT2D eigenvalue weighted by molar-refractivity contribution is -0.385. The van der Waals surface area contributed by atoms with E-state index in [1.54, 1.807) is 6.92 Å². The molecule has 0 saturated heterocycles. The molecule has 0 bridgehead atoms. The van der Waals surface area contributed by atoms with Crippen molar-refractivity contribution in [2.24, 2.45) is 0 Å². The molecule has 0 radical (unpaired) electrons. The van der Waals surface area contributed by atoms with E-state index < -0.39 is 28.1 Å². The van der Waals surface area contributed by atoms with Crippen LogP contribution < -0.4 is 10.9 Å². The Balaban J connectivity index is 0. The summed E-state index contributed by atoms with van der Waals surface area (Å²) in [5.41, 5.74) is -1.66. The minimum absolute atomic E-state index is 0.182. The minimum Gasteiger partial charge on any atom is -0.385 e. The van der Waals surface area contributed by atoms with Crippen molar-refractivity contribution in [1.29, 1.82) is 0 Å². The van der Waals surface area contributed by atoms with Gasteiger partial charge in [-0.15, -0.1) is 0 Å². The highest BCUT2D eigenvalue weighted by molar-refractivity contribution is 5.87. The van der Waals surface area contributed by atoms with Gasteiger partial charge in [0, 0.05) is 0 Å². The molecule has 1 aromatic heterocycles. The highest BCUT2D eigenvalue weighted by Crippen LogP contribution is 2.15. The number of aliphatic hydroxyl groups excluding tert-OH is 1. The summed E-state index contributed by atoms with van der Waals surface area (Å²) in [5, 5.41) is 22.4. The van der Waals surface area contributed by atoms with E-state index in [0.29, 0.717) is 0 Å². The average molecular weight is 330 g/mol. The van der Waals surface area contributed by atoms with Crippen molar-refractivity contribution in [3.63, 3.8) is 0 Å². The molecule has 9 heteroatoms. The van der Waals surface area contributed by atoms with Gasteiger partial charge in [-0.2, -0.15) is 0 Å². The van der Waals surface area contributed by atoms with Gasteiger partial charge in [-0.3, -0.25) is 19.7 Å². The number of carbonyl (C=O) groups excluding carboxylic acids is 1. The molecular weight excluding hydrogens is 304 g/mol. The summed E-state index contributed by atoms with van der Waals surface area (Å²) in [6.07, 6.45) is -0.903. The summed E-state index contributed by atoms with van der Waals surface area (Å²) in [6.45, 7) is 10.7. The smallest absolute Gasteiger partial charge is 0.375 e. The molecule has 23 heavy (non-hydrogen) atoms. The highest BCUT2D eigenvalue weighted by Gasteiger charge is 2.22. The molecule has 132 valence electrons. The van der Waals surface area contributed by atoms with Gasteiger partial charge in [0.15, 0.2) is 5.78 Å². The number of Topliss-reactive ketones (excluding diaryl/α,β-unsaturated/α-hetero) is 1. The number of H-pyrrole nitrogens is 1. The van der Waals surface area contributed by atoms with Crippen LogP contribution in [0.25, 0.3) is 0 Å². The van der Waals surface area contributed by atoms with Crippen molar-refractivity contribution in [1.82, 2.24) is 9.97 Å². The molecule has 1 heterocycles. The number of rotatable bonds is 6. The third kappa shape index (κ3) is 7.50. The maximum Gasteiger partial charge on any atom is 0.375 e. The summed E-state index contributed by atoms with van der Waals surface area (Å²) in [4.78, 5) is 38.7. The summed E-state index contributed by atoms with van der Waals surface area (Å²) < 4.78 is 0. The van der Waals surface area contributed by atoms with Gasteiger partial charge in [-0.25, -0.2) is 4.98 Å². The molecule has 1 aromatic rings. The Morgan fingerprint density at radius 1 is 1.39 bits per heavy atom. The molecule has 0 aromatic carbocycles. The topological polar surface area (TPSA) is 138 Å². The zero-order chi connectivity index (χ0) is 18.6. The normalized spacial score (nSPS) is 10.4. The number of aromatic amines is 1. The summed E-state index contributed by atoms with van der Waals surface area (Å²) in [5.74, 6) is -0.638. The zero-order valence-electron chi connectivity index (χ0n) is 14.5. The van der Waals surface area contributed by atoms with Crippen LogP contribution in [0, 0.1) is 17.0 Å². The number of nitrogens with one attached hydrogen (secondary N) is 2. The number of aliphatic hydroxyl groups is 1. The van der Waals surface area contributed by atoms with Gasteiger partial charge in [0.1, 0.15) is 11.9 Å². The first-order chi connectivity index (χ1) is 10.9. The number of anilines is 1. The summed E-state index contributed by atoms with van der Waals surface area (Å²) >= 11 is 0. The largest absolute Gasteiger partial charge is 0.385 e. The number of aryl methyl sites for hydroxylation is 1. The maximum absolute atomic E-state index is 11.4. The number of aromatic nitrogens is 2. The number of nitrogens with zero attached hydrogens (tertiary/aromatic N) is 2. The highest BCUT2D eigenvalue weighted by atomic mass is 16.6. The van der Waals surface area contributed by atoms with Gasteiger partial charge >= 0.3 is 11.2 Å². The van der Waals surface area contributed by atoms with Crippen LogP contribution in [0.1, 0.15) is 46.9 Å². The van der Waals surface area contributed by atoms with Crippen molar-refractivity contribution in [2.45, 2.75) is 54.1 Å². The third-order valence-electron chi connectivity index (χ3n) is 2.38. The molecular formula is C14H26N4O5. The van der Waals surface area contributed by atoms with E-state index >= 15 is 0 Å². The lowest BCUT2D eigenvalue weighted by Gasteiger charge is -2.08. The first-order valence-electron chi connectivity index (χ1n) is 7.56. The summed E-state index contributed by atoms with van der Waals surface area (Å²) in [7, 11) is 0. The fourth-order valence-electron chi connectivity index (χ4n) is 1.39. The van der Waals surface area contributed by atoms with Crippen LogP contribution in [-0.4, -0.2) is 38.4 Å². The van der Waals surface area contributed by atoms with Gasteiger partial charge < -0.3 is 15.4 Å². The molecule has 0 amide bonds. The fourth-order valence-corrected chi connectivity index (χ4v) is 1.39. The van der Waals surface area contributed by atoms with Crippen LogP contribution in [0.3, 0.4) is 0 Å². The van der Waals surface area contributed by atoms with Gasteiger partial charge in [-0.1, -0.05) is 34.6 Å². The van der Waals surface area contributed by atoms with Gasteiger partial charge in [-0.05, 0) is 13.3 Å². The second-order valence-electron chi connectivity index (χ2n) is 3.85. The Morgan fingerprint density at radius 3 is 2.35 bits per heavy atom. The lowest BCUT2D eigenvalue weighted by atomic mass is 10.2. The average Bonchev–Trinajstić information content (AvgIpc) is 2.54. The Hall–Kier alpha value is -2.29. The number of ketones is 1. The lowest BCUT2D eigenvalue weighted by Crippen LogP contribution is -2.28. The molecule has 0 aliphatic rings. The Kier molecular flexibility index (Phi) is 12.3. The van der Waals surface area contributed by atoms with E-state index in [2.05, 4.69) is 15.3 Å². The fraction of sp³-hybridized carbons (Fsp3) is 0.643. The van der Waals surface area contributed by atoms with Gasteiger partial charge in [0.25, 0.3) is 0 Å². The van der Waals surface area contributed by atoms with E-state index in [4.69, 9.17) is 0 Å². The van der Waals surface area contributed by atoms with Crippen molar-refractivity contribution in [3.8, 4) is 0 Å². The quantitative estimate of drug-likeness (QED) is 0.534. The van der Waals surface area contributed by atoms with Crippen LogP contribution in [0.2, 0.25) is 0 Å². The van der Waals surface area contributed by atoms with Crippen LogP contribution in [-0.2, 0) is 4.79 Å². The Morgan fingerprint density at radius 2 is 1.91 bits per heavy atom. The first-order valence-corrected chi connectivity index (χ1v) is 7.56. The third-order valence-corrected chi connectivity index (χ3v) is 2.38. The molecule has 0 fully saturated rings. The summed E-state index contributed by atoms with van der Waals surface area (Å²) in [6, 6.07) is 0. The zero-order valence-corrected chi connectivity index (χ0v) is 14.5. The van der Waals surface area contributed by atoms with Crippen molar-refractivity contribution < 1.29 is 14.8 Å². The molecule has 3 N–H and O–H groups in total. The molecule has 1 unspecified atom stereocenters. The van der Waals surface area contributed by atoms with Crippen LogP contribution in [0.4, 0.5) is 11.5 Å². The molecule has 9 nitrogen and oxygen atoms in total. The van der Waals surface area contributed by atoms with Crippen LogP contribution >= 0.6 is 0 Å². The number of carbonyl (C=O) groups is 1. The van der Waals surface area contributed by atoms with Crippen LogP contribution in [0.15, 0.2) is 4.79 Å².